The fraction of sp³-hybridized carbons (Fsp3) is 0.600. The molecule has 0 aliphatic carbocycles. The second-order valence-corrected chi connectivity index (χ2v) is 1.36. The second kappa shape index (κ2) is 1.78. The molecule has 1 aliphatic rings. The molecular weight excluding hydrogens is 74.1 g/mol. The van der Waals surface area contributed by atoms with Crippen molar-refractivity contribution in [1.29, 1.82) is 0 Å². The molecule has 0 spiro atoms. The number of rotatable bonds is 0. The molecule has 1 heterocycles. The first-order chi connectivity index (χ1) is 3.00. The van der Waals surface area contributed by atoms with E-state index >= 15 is 0 Å². The van der Waals surface area contributed by atoms with Gasteiger partial charge in [0.05, 0.1) is 0 Å². The highest BCUT2D eigenvalue weighted by Gasteiger charge is 1.82. The maximum atomic E-state index is 3.87. The van der Waals surface area contributed by atoms with Crippen LogP contribution in [0.25, 0.3) is 0 Å². The first kappa shape index (κ1) is 3.63. The number of hydrogen-bond acceptors (Lipinski definition) is 1. The summed E-state index contributed by atoms with van der Waals surface area (Å²) in [5.74, 6) is 2.78. The first-order valence-electron chi connectivity index (χ1n) is 2.24. The normalized spacial score (nSPS) is 18.7. The van der Waals surface area contributed by atoms with Gasteiger partial charge < -0.3 is 0 Å². The molecule has 0 saturated heterocycles. The largest absolute Gasteiger partial charge is 0.243 e. The molecule has 0 aromatic carbocycles. The van der Waals surface area contributed by atoms with Crippen LogP contribution in [0.4, 0.5) is 0 Å². The van der Waals surface area contributed by atoms with E-state index < -0.39 is 0 Å². The zero-order valence-corrected chi connectivity index (χ0v) is 3.65. The summed E-state index contributed by atoms with van der Waals surface area (Å²) in [5, 5.41) is 0. The molecule has 0 saturated carbocycles. The van der Waals surface area contributed by atoms with Crippen LogP contribution >= 0.6 is 0 Å². The zero-order valence-electron chi connectivity index (χ0n) is 3.65. The van der Waals surface area contributed by atoms with Crippen LogP contribution in [0.3, 0.4) is 0 Å². The van der Waals surface area contributed by atoms with Gasteiger partial charge in [-0.3, -0.25) is 0 Å². The summed E-state index contributed by atoms with van der Waals surface area (Å²) >= 11 is 0. The number of allylic oxidation sites excluding steroid dienone is 1. The van der Waals surface area contributed by atoms with Crippen LogP contribution in [-0.2, 0) is 0 Å². The molecule has 0 unspecified atom stereocenters. The average Bonchev–Trinajstić information content (AvgIpc) is 1.72. The molecule has 0 radical (unpaired) electrons. The molecule has 1 nitrogen and oxygen atoms in total. The summed E-state index contributed by atoms with van der Waals surface area (Å²) in [6.45, 7) is 0.983. The molecule has 1 heteroatoms. The van der Waals surface area contributed by atoms with Crippen molar-refractivity contribution in [1.82, 2.24) is 0 Å². The average molecular weight is 81.1 g/mol. The van der Waals surface area contributed by atoms with Crippen molar-refractivity contribution in [2.24, 2.45) is 4.99 Å². The lowest BCUT2D eigenvalue weighted by molar-refractivity contribution is 0.848. The molecule has 1 aliphatic heterocycles. The van der Waals surface area contributed by atoms with Crippen LogP contribution in [0.1, 0.15) is 12.8 Å². The molecule has 0 atom stereocenters. The second-order valence-electron chi connectivity index (χ2n) is 1.36. The van der Waals surface area contributed by atoms with Crippen LogP contribution in [0.15, 0.2) is 11.1 Å². The summed E-state index contributed by atoms with van der Waals surface area (Å²) in [6, 6.07) is 0. The molecule has 0 aromatic rings. The molecule has 32 valence electrons. The Morgan fingerprint density at radius 3 is 2.83 bits per heavy atom. The summed E-state index contributed by atoms with van der Waals surface area (Å²) in [7, 11) is 0. The molecule has 0 bridgehead atoms. The Hall–Kier alpha value is -0.550. The standard InChI is InChI=1S/C5H7N/c1-2-4-6-5-3-1/h2H,1,3,5H2. The first-order valence-corrected chi connectivity index (χ1v) is 2.24. The van der Waals surface area contributed by atoms with E-state index in [0.717, 1.165) is 6.54 Å². The Kier molecular flexibility index (Phi) is 1.08. The highest BCUT2D eigenvalue weighted by atomic mass is 14.7. The lowest BCUT2D eigenvalue weighted by Gasteiger charge is -1.89. The summed E-state index contributed by atoms with van der Waals surface area (Å²) in [6.07, 6.45) is 4.36. The van der Waals surface area contributed by atoms with E-state index in [-0.39, 0.29) is 0 Å². The highest BCUT2D eigenvalue weighted by Crippen LogP contribution is 1.91. The molecule has 0 fully saturated rings. The van der Waals surface area contributed by atoms with Crippen LogP contribution in [0.2, 0.25) is 0 Å². The lowest BCUT2D eigenvalue weighted by Crippen LogP contribution is -1.82. The number of hydrogen-bond donors (Lipinski definition) is 0. The molecule has 0 amide bonds. The highest BCUT2D eigenvalue weighted by molar-refractivity contribution is 5.52. The van der Waals surface area contributed by atoms with Gasteiger partial charge in [-0.25, -0.2) is 4.99 Å². The quantitative estimate of drug-likeness (QED) is 0.412. The van der Waals surface area contributed by atoms with E-state index in [9.17, 15) is 0 Å². The number of nitrogens with zero attached hydrogens (tertiary/aromatic N) is 1. The van der Waals surface area contributed by atoms with Crippen molar-refractivity contribution in [3.8, 4) is 0 Å². The van der Waals surface area contributed by atoms with E-state index in [1.54, 1.807) is 0 Å². The Balaban J connectivity index is 2.53. The molecule has 0 N–H and O–H groups in total. The van der Waals surface area contributed by atoms with Crippen LogP contribution < -0.4 is 0 Å². The van der Waals surface area contributed by atoms with Crippen molar-refractivity contribution < 1.29 is 0 Å². The summed E-state index contributed by atoms with van der Waals surface area (Å²) in [4.78, 5) is 3.87. The minimum Gasteiger partial charge on any atom is -0.243 e. The summed E-state index contributed by atoms with van der Waals surface area (Å²) < 4.78 is 0. The SMILES string of the molecule is C1=CCCCN=1. The minimum absolute atomic E-state index is 0.983. The van der Waals surface area contributed by atoms with Gasteiger partial charge in [-0.15, -0.1) is 0 Å². The molecular formula is C5H7N. The van der Waals surface area contributed by atoms with Crippen molar-refractivity contribution in [3.05, 3.63) is 6.08 Å². The van der Waals surface area contributed by atoms with Gasteiger partial charge in [0.2, 0.25) is 0 Å². The van der Waals surface area contributed by atoms with E-state index in [4.69, 9.17) is 0 Å². The predicted molar refractivity (Wildman–Crippen MR) is 26.1 cm³/mol. The van der Waals surface area contributed by atoms with Gasteiger partial charge in [0.25, 0.3) is 0 Å². The van der Waals surface area contributed by atoms with E-state index in [1.807, 2.05) is 6.08 Å². The lowest BCUT2D eigenvalue weighted by atomic mass is 10.3. The molecule has 6 heavy (non-hydrogen) atoms. The fourth-order valence-electron chi connectivity index (χ4n) is 0.466. The predicted octanol–water partition coefficient (Wildman–Crippen LogP) is 1.01. The maximum Gasteiger partial charge on any atom is 0.0487 e. The van der Waals surface area contributed by atoms with Crippen LogP contribution in [0, 0.1) is 0 Å². The van der Waals surface area contributed by atoms with E-state index in [0.29, 0.717) is 0 Å². The number of aliphatic imine (C=N–C) groups is 1. The van der Waals surface area contributed by atoms with E-state index in [1.165, 1.54) is 12.8 Å². The Morgan fingerprint density at radius 2 is 2.67 bits per heavy atom. The maximum absolute atomic E-state index is 3.87. The Labute approximate surface area is 37.4 Å². The molecule has 1 rings (SSSR count). The third kappa shape index (κ3) is 0.697. The topological polar surface area (TPSA) is 12.4 Å². The van der Waals surface area contributed by atoms with Crippen molar-refractivity contribution in [2.45, 2.75) is 12.8 Å². The van der Waals surface area contributed by atoms with Crippen molar-refractivity contribution >= 4 is 5.87 Å². The fourth-order valence-corrected chi connectivity index (χ4v) is 0.466. The zero-order chi connectivity index (χ0) is 4.24. The summed E-state index contributed by atoms with van der Waals surface area (Å²) in [5.41, 5.74) is 0. The van der Waals surface area contributed by atoms with Gasteiger partial charge in [0.1, 0.15) is 0 Å². The van der Waals surface area contributed by atoms with Gasteiger partial charge in [-0.2, -0.15) is 0 Å². The Bertz CT molecular complexity index is 80.1. The molecule has 0 aromatic heterocycles. The van der Waals surface area contributed by atoms with E-state index in [2.05, 4.69) is 10.9 Å². The Morgan fingerprint density at radius 1 is 1.67 bits per heavy atom. The van der Waals surface area contributed by atoms with Crippen molar-refractivity contribution in [3.63, 3.8) is 0 Å². The van der Waals surface area contributed by atoms with Gasteiger partial charge >= 0.3 is 0 Å². The smallest absolute Gasteiger partial charge is 0.0487 e. The van der Waals surface area contributed by atoms with Crippen LogP contribution in [0.5, 0.6) is 0 Å². The third-order valence-electron chi connectivity index (χ3n) is 0.801. The van der Waals surface area contributed by atoms with Gasteiger partial charge in [0.15, 0.2) is 0 Å². The van der Waals surface area contributed by atoms with Crippen LogP contribution in [-0.4, -0.2) is 12.4 Å². The van der Waals surface area contributed by atoms with Gasteiger partial charge in [-0.05, 0) is 24.8 Å². The third-order valence-corrected chi connectivity index (χ3v) is 0.801. The minimum atomic E-state index is 0.983. The monoisotopic (exact) mass is 81.1 g/mol. The van der Waals surface area contributed by atoms with Gasteiger partial charge in [0, 0.05) is 6.54 Å². The van der Waals surface area contributed by atoms with Gasteiger partial charge in [-0.1, -0.05) is 0 Å². The van der Waals surface area contributed by atoms with Crippen molar-refractivity contribution in [2.75, 3.05) is 6.54 Å².